The average molecular weight is 522 g/mol. The summed E-state index contributed by atoms with van der Waals surface area (Å²) in [7, 11) is 0. The Morgan fingerprint density at radius 1 is 0.700 bits per heavy atom. The van der Waals surface area contributed by atoms with Crippen LogP contribution in [0.25, 0.3) is 0 Å². The first-order valence-corrected chi connectivity index (χ1v) is 12.7. The Labute approximate surface area is 203 Å². The molecule has 0 bridgehead atoms. The van der Waals surface area contributed by atoms with Crippen molar-refractivity contribution in [3.8, 4) is 0 Å². The maximum Gasteiger partial charge on any atom is 0.233 e. The second-order valence-corrected chi connectivity index (χ2v) is 10.5. The summed E-state index contributed by atoms with van der Waals surface area (Å²) in [5.74, 6) is 0.670. The topological polar surface area (TPSA) is 40.6 Å². The molecule has 0 spiro atoms. The number of hydrogen-bond acceptors (Lipinski definition) is 4. The summed E-state index contributed by atoms with van der Waals surface area (Å²) in [6.07, 6.45) is 0. The summed E-state index contributed by atoms with van der Waals surface area (Å²) < 4.78 is 0. The van der Waals surface area contributed by atoms with E-state index in [-0.39, 0.29) is 22.6 Å². The van der Waals surface area contributed by atoms with E-state index in [9.17, 15) is 9.59 Å². The van der Waals surface area contributed by atoms with Gasteiger partial charge in [-0.1, -0.05) is 58.5 Å². The van der Waals surface area contributed by atoms with E-state index in [4.69, 9.17) is 46.4 Å². The Balaban J connectivity index is 1.56. The molecule has 2 aromatic carbocycles. The number of nitrogens with zero attached hydrogens (tertiary/aromatic N) is 2. The van der Waals surface area contributed by atoms with E-state index in [1.165, 1.54) is 23.5 Å². The minimum Gasteiger partial charge on any atom is -0.324 e. The molecule has 2 aliphatic rings. The van der Waals surface area contributed by atoms with E-state index < -0.39 is 0 Å². The van der Waals surface area contributed by atoms with Crippen molar-refractivity contribution in [1.29, 1.82) is 0 Å². The van der Waals surface area contributed by atoms with Gasteiger partial charge in [-0.3, -0.25) is 9.59 Å². The van der Waals surface area contributed by atoms with Gasteiger partial charge in [-0.05, 0) is 24.3 Å². The predicted octanol–water partition coefficient (Wildman–Crippen LogP) is 6.15. The van der Waals surface area contributed by atoms with Crippen molar-refractivity contribution >= 4 is 81.7 Å². The highest BCUT2D eigenvalue weighted by atomic mass is 35.5. The zero-order valence-corrected chi connectivity index (χ0v) is 20.1. The van der Waals surface area contributed by atoms with E-state index in [1.807, 2.05) is 0 Å². The molecule has 2 fully saturated rings. The Kier molecular flexibility index (Phi) is 7.02. The number of benzene rings is 2. The number of amides is 2. The van der Waals surface area contributed by atoms with Crippen molar-refractivity contribution in [1.82, 2.24) is 9.80 Å². The first-order valence-electron chi connectivity index (χ1n) is 9.08. The maximum atomic E-state index is 12.6. The third kappa shape index (κ3) is 4.27. The SMILES string of the molecule is O=C1CS[C@H](c2c(Cl)cccc2Cl)N1CCN1C(=O)CS[C@H]1c1c(Cl)cccc1Cl. The quantitative estimate of drug-likeness (QED) is 0.473. The first kappa shape index (κ1) is 22.4. The zero-order valence-electron chi connectivity index (χ0n) is 15.5. The van der Waals surface area contributed by atoms with Crippen molar-refractivity contribution in [2.75, 3.05) is 24.6 Å². The molecule has 30 heavy (non-hydrogen) atoms. The lowest BCUT2D eigenvalue weighted by molar-refractivity contribution is -0.132. The molecule has 0 N–H and O–H groups in total. The number of hydrogen-bond donors (Lipinski definition) is 0. The van der Waals surface area contributed by atoms with E-state index in [2.05, 4.69) is 0 Å². The van der Waals surface area contributed by atoms with Crippen LogP contribution in [0.4, 0.5) is 0 Å². The molecule has 0 aromatic heterocycles. The van der Waals surface area contributed by atoms with E-state index >= 15 is 0 Å². The monoisotopic (exact) mass is 520 g/mol. The van der Waals surface area contributed by atoms with Gasteiger partial charge in [0.1, 0.15) is 10.7 Å². The standard InChI is InChI=1S/C20H16Cl4N2O2S2/c21-11-3-1-4-12(22)17(11)19-25(15(27)9-29-19)7-8-26-16(28)10-30-20(26)18-13(23)5-2-6-14(18)24/h1-6,19-20H,7-10H2/t19-,20+. The minimum absolute atomic E-state index is 0.00684. The highest BCUT2D eigenvalue weighted by Crippen LogP contribution is 2.46. The van der Waals surface area contributed by atoms with E-state index in [0.29, 0.717) is 44.7 Å². The molecule has 4 nitrogen and oxygen atoms in total. The van der Waals surface area contributed by atoms with Crippen LogP contribution in [0.1, 0.15) is 21.9 Å². The van der Waals surface area contributed by atoms with Crippen LogP contribution in [0.15, 0.2) is 36.4 Å². The van der Waals surface area contributed by atoms with Gasteiger partial charge in [-0.15, -0.1) is 23.5 Å². The predicted molar refractivity (Wildman–Crippen MR) is 127 cm³/mol. The molecule has 10 heteroatoms. The molecule has 2 saturated heterocycles. The lowest BCUT2D eigenvalue weighted by atomic mass is 10.2. The van der Waals surface area contributed by atoms with Gasteiger partial charge in [0.05, 0.1) is 11.5 Å². The molecule has 0 radical (unpaired) electrons. The normalized spacial score (nSPS) is 21.7. The van der Waals surface area contributed by atoms with Crippen molar-refractivity contribution in [2.45, 2.75) is 10.7 Å². The Morgan fingerprint density at radius 3 is 1.37 bits per heavy atom. The highest BCUT2D eigenvalue weighted by Gasteiger charge is 2.39. The van der Waals surface area contributed by atoms with Gasteiger partial charge < -0.3 is 9.80 Å². The van der Waals surface area contributed by atoms with Crippen LogP contribution in [0.2, 0.25) is 20.1 Å². The second-order valence-electron chi connectivity index (χ2n) is 6.77. The van der Waals surface area contributed by atoms with Crippen molar-refractivity contribution in [3.05, 3.63) is 67.6 Å². The number of halogens is 4. The zero-order chi connectivity index (χ0) is 21.4. The van der Waals surface area contributed by atoms with Crippen LogP contribution in [-0.2, 0) is 9.59 Å². The Morgan fingerprint density at radius 2 is 1.03 bits per heavy atom. The smallest absolute Gasteiger partial charge is 0.233 e. The van der Waals surface area contributed by atoms with Gasteiger partial charge in [-0.25, -0.2) is 0 Å². The highest BCUT2D eigenvalue weighted by molar-refractivity contribution is 8.00. The third-order valence-corrected chi connectivity index (χ3v) is 8.77. The van der Waals surface area contributed by atoms with Crippen molar-refractivity contribution < 1.29 is 9.59 Å². The molecule has 4 rings (SSSR count). The number of thioether (sulfide) groups is 2. The average Bonchev–Trinajstić information content (AvgIpc) is 3.23. The van der Waals surface area contributed by atoms with Gasteiger partial charge in [0.15, 0.2) is 0 Å². The van der Waals surface area contributed by atoms with Gasteiger partial charge in [0.2, 0.25) is 11.8 Å². The summed E-state index contributed by atoms with van der Waals surface area (Å²) in [6, 6.07) is 10.6. The summed E-state index contributed by atoms with van der Waals surface area (Å²) in [6.45, 7) is 0.728. The largest absolute Gasteiger partial charge is 0.324 e. The minimum atomic E-state index is -0.286. The van der Waals surface area contributed by atoms with Crippen LogP contribution in [-0.4, -0.2) is 46.2 Å². The van der Waals surface area contributed by atoms with Crippen LogP contribution in [0.5, 0.6) is 0 Å². The lowest BCUT2D eigenvalue weighted by Gasteiger charge is -2.30. The molecule has 2 heterocycles. The van der Waals surface area contributed by atoms with E-state index in [0.717, 1.165) is 11.1 Å². The maximum absolute atomic E-state index is 12.6. The summed E-state index contributed by atoms with van der Waals surface area (Å²) in [5, 5.41) is 1.51. The number of rotatable bonds is 5. The van der Waals surface area contributed by atoms with E-state index in [1.54, 1.807) is 46.2 Å². The van der Waals surface area contributed by atoms with Crippen LogP contribution >= 0.6 is 69.9 Å². The molecule has 158 valence electrons. The van der Waals surface area contributed by atoms with Gasteiger partial charge in [0, 0.05) is 44.3 Å². The molecule has 2 amide bonds. The number of carbonyl (C=O) groups excluding carboxylic acids is 2. The fraction of sp³-hybridized carbons (Fsp3) is 0.300. The molecular weight excluding hydrogens is 506 g/mol. The van der Waals surface area contributed by atoms with Crippen LogP contribution in [0.3, 0.4) is 0 Å². The van der Waals surface area contributed by atoms with Crippen LogP contribution in [0, 0.1) is 0 Å². The third-order valence-electron chi connectivity index (χ3n) is 5.01. The molecule has 0 aliphatic carbocycles. The Bertz CT molecular complexity index is 887. The molecular formula is C20H16Cl4N2O2S2. The molecule has 0 saturated carbocycles. The van der Waals surface area contributed by atoms with Crippen LogP contribution < -0.4 is 0 Å². The lowest BCUT2D eigenvalue weighted by Crippen LogP contribution is -2.39. The summed E-state index contributed by atoms with van der Waals surface area (Å²) in [4.78, 5) is 28.7. The fourth-order valence-corrected chi connectivity index (χ4v) is 7.63. The molecule has 2 aromatic rings. The van der Waals surface area contributed by atoms with Gasteiger partial charge >= 0.3 is 0 Å². The second kappa shape index (κ2) is 9.39. The molecule has 2 aliphatic heterocycles. The molecule has 2 atom stereocenters. The van der Waals surface area contributed by atoms with Crippen molar-refractivity contribution in [2.24, 2.45) is 0 Å². The molecule has 0 unspecified atom stereocenters. The fourth-order valence-electron chi connectivity index (χ4n) is 3.58. The van der Waals surface area contributed by atoms with Crippen molar-refractivity contribution in [3.63, 3.8) is 0 Å². The first-order chi connectivity index (χ1) is 14.4. The van der Waals surface area contributed by atoms with Gasteiger partial charge in [0.25, 0.3) is 0 Å². The number of carbonyl (C=O) groups is 2. The summed E-state index contributed by atoms with van der Waals surface area (Å²) >= 11 is 28.5. The van der Waals surface area contributed by atoms with Gasteiger partial charge in [-0.2, -0.15) is 0 Å². The summed E-state index contributed by atoms with van der Waals surface area (Å²) in [5.41, 5.74) is 1.45. The Hall–Kier alpha value is -0.760.